The number of nitrogens with zero attached hydrogens (tertiary/aromatic N) is 3. The van der Waals surface area contributed by atoms with Crippen molar-refractivity contribution < 1.29 is 9.15 Å². The topological polar surface area (TPSA) is 61.0 Å². The molecule has 0 radical (unpaired) electrons. The Morgan fingerprint density at radius 2 is 2.00 bits per heavy atom. The van der Waals surface area contributed by atoms with Crippen LogP contribution in [0.4, 0.5) is 0 Å². The largest absolute Gasteiger partial charge is 0.476 e. The summed E-state index contributed by atoms with van der Waals surface area (Å²) in [4.78, 5) is 12.5. The van der Waals surface area contributed by atoms with Crippen LogP contribution in [0.5, 0.6) is 5.88 Å². The zero-order valence-electron chi connectivity index (χ0n) is 11.7. The van der Waals surface area contributed by atoms with Gasteiger partial charge in [0.25, 0.3) is 0 Å². The quantitative estimate of drug-likeness (QED) is 0.719. The minimum Gasteiger partial charge on any atom is -0.476 e. The lowest BCUT2D eigenvalue weighted by atomic mass is 10.2. The molecule has 0 amide bonds. The maximum atomic E-state index is 5.71. The van der Waals surface area contributed by atoms with Crippen molar-refractivity contribution >= 4 is 0 Å². The van der Waals surface area contributed by atoms with Crippen molar-refractivity contribution in [3.05, 3.63) is 60.4 Å². The highest BCUT2D eigenvalue weighted by atomic mass is 16.5. The third-order valence-electron chi connectivity index (χ3n) is 3.04. The van der Waals surface area contributed by atoms with Crippen LogP contribution >= 0.6 is 0 Å². The fraction of sp³-hybridized carbons (Fsp3) is 0.188. The summed E-state index contributed by atoms with van der Waals surface area (Å²) in [6.07, 6.45) is 5.47. The van der Waals surface area contributed by atoms with Crippen molar-refractivity contribution in [2.75, 3.05) is 6.61 Å². The molecule has 0 fully saturated rings. The molecule has 0 bridgehead atoms. The van der Waals surface area contributed by atoms with Crippen molar-refractivity contribution in [1.82, 2.24) is 15.0 Å². The summed E-state index contributed by atoms with van der Waals surface area (Å²) >= 11 is 0. The Morgan fingerprint density at radius 1 is 1.14 bits per heavy atom. The number of oxazole rings is 1. The summed E-state index contributed by atoms with van der Waals surface area (Å²) in [5.41, 5.74) is 1.87. The summed E-state index contributed by atoms with van der Waals surface area (Å²) in [5, 5.41) is 0. The van der Waals surface area contributed by atoms with E-state index in [1.807, 2.05) is 37.3 Å². The van der Waals surface area contributed by atoms with Gasteiger partial charge in [-0.3, -0.25) is 4.98 Å². The molecule has 0 spiro atoms. The van der Waals surface area contributed by atoms with E-state index in [2.05, 4.69) is 15.0 Å². The SMILES string of the molecule is Cc1oc(-c2ccccc2)nc1CCOc1cnccn1. The molecular weight excluding hydrogens is 266 g/mol. The first-order chi connectivity index (χ1) is 10.3. The van der Waals surface area contributed by atoms with E-state index in [9.17, 15) is 0 Å². The first-order valence-electron chi connectivity index (χ1n) is 6.73. The smallest absolute Gasteiger partial charge is 0.232 e. The van der Waals surface area contributed by atoms with Gasteiger partial charge in [-0.25, -0.2) is 9.97 Å². The monoisotopic (exact) mass is 281 g/mol. The molecule has 0 unspecified atom stereocenters. The molecule has 2 heterocycles. The fourth-order valence-corrected chi connectivity index (χ4v) is 1.98. The zero-order chi connectivity index (χ0) is 14.5. The van der Waals surface area contributed by atoms with Crippen LogP contribution in [0.2, 0.25) is 0 Å². The molecule has 106 valence electrons. The predicted octanol–water partition coefficient (Wildman–Crippen LogP) is 3.06. The van der Waals surface area contributed by atoms with Crippen molar-refractivity contribution in [3.8, 4) is 17.3 Å². The molecule has 5 heteroatoms. The second-order valence-corrected chi connectivity index (χ2v) is 4.53. The molecule has 0 saturated carbocycles. The highest BCUT2D eigenvalue weighted by molar-refractivity contribution is 5.53. The highest BCUT2D eigenvalue weighted by Gasteiger charge is 2.11. The van der Waals surface area contributed by atoms with Gasteiger partial charge in [-0.1, -0.05) is 18.2 Å². The van der Waals surface area contributed by atoms with Crippen molar-refractivity contribution in [3.63, 3.8) is 0 Å². The number of hydrogen-bond acceptors (Lipinski definition) is 5. The van der Waals surface area contributed by atoms with Crippen LogP contribution in [0, 0.1) is 6.92 Å². The van der Waals surface area contributed by atoms with Crippen molar-refractivity contribution in [1.29, 1.82) is 0 Å². The van der Waals surface area contributed by atoms with Crippen LogP contribution in [0.3, 0.4) is 0 Å². The predicted molar refractivity (Wildman–Crippen MR) is 77.9 cm³/mol. The molecular formula is C16H15N3O2. The van der Waals surface area contributed by atoms with Gasteiger partial charge in [0.05, 0.1) is 18.5 Å². The van der Waals surface area contributed by atoms with E-state index in [0.29, 0.717) is 24.8 Å². The van der Waals surface area contributed by atoms with Gasteiger partial charge in [-0.15, -0.1) is 0 Å². The van der Waals surface area contributed by atoms with Gasteiger partial charge in [-0.2, -0.15) is 0 Å². The molecule has 1 aromatic carbocycles. The molecule has 2 aromatic heterocycles. The Hall–Kier alpha value is -2.69. The van der Waals surface area contributed by atoms with Crippen molar-refractivity contribution in [2.45, 2.75) is 13.3 Å². The van der Waals surface area contributed by atoms with E-state index in [4.69, 9.17) is 9.15 Å². The molecule has 0 aliphatic carbocycles. The molecule has 0 aliphatic rings. The number of rotatable bonds is 5. The Bertz CT molecular complexity index is 696. The second kappa shape index (κ2) is 6.17. The Morgan fingerprint density at radius 3 is 2.76 bits per heavy atom. The molecule has 3 rings (SSSR count). The molecule has 3 aromatic rings. The van der Waals surface area contributed by atoms with E-state index in [0.717, 1.165) is 17.0 Å². The molecule has 0 atom stereocenters. The van der Waals surface area contributed by atoms with E-state index < -0.39 is 0 Å². The molecule has 0 saturated heterocycles. The number of hydrogen-bond donors (Lipinski definition) is 0. The first kappa shape index (κ1) is 13.3. The Balaban J connectivity index is 1.65. The fourth-order valence-electron chi connectivity index (χ4n) is 1.98. The Labute approximate surface area is 122 Å². The van der Waals surface area contributed by atoms with Gasteiger partial charge in [0.15, 0.2) is 0 Å². The van der Waals surface area contributed by atoms with Gasteiger partial charge < -0.3 is 9.15 Å². The van der Waals surface area contributed by atoms with Crippen LogP contribution < -0.4 is 4.74 Å². The summed E-state index contributed by atoms with van der Waals surface area (Å²) in [7, 11) is 0. The second-order valence-electron chi connectivity index (χ2n) is 4.53. The minimum atomic E-state index is 0.486. The van der Waals surface area contributed by atoms with E-state index >= 15 is 0 Å². The van der Waals surface area contributed by atoms with Crippen LogP contribution in [-0.4, -0.2) is 21.6 Å². The average Bonchev–Trinajstić information content (AvgIpc) is 2.91. The van der Waals surface area contributed by atoms with E-state index in [1.54, 1.807) is 18.6 Å². The number of aryl methyl sites for hydroxylation is 1. The molecule has 0 N–H and O–H groups in total. The van der Waals surface area contributed by atoms with Crippen LogP contribution in [0.15, 0.2) is 53.3 Å². The number of ether oxygens (including phenoxy) is 1. The lowest BCUT2D eigenvalue weighted by molar-refractivity contribution is 0.306. The zero-order valence-corrected chi connectivity index (χ0v) is 11.7. The minimum absolute atomic E-state index is 0.486. The highest BCUT2D eigenvalue weighted by Crippen LogP contribution is 2.21. The summed E-state index contributed by atoms with van der Waals surface area (Å²) in [6, 6.07) is 9.85. The lowest BCUT2D eigenvalue weighted by Gasteiger charge is -2.02. The first-order valence-corrected chi connectivity index (χ1v) is 6.73. The third kappa shape index (κ3) is 3.25. The van der Waals surface area contributed by atoms with Gasteiger partial charge in [0.2, 0.25) is 11.8 Å². The van der Waals surface area contributed by atoms with Gasteiger partial charge in [0, 0.05) is 24.4 Å². The summed E-state index contributed by atoms with van der Waals surface area (Å²) in [5.74, 6) is 1.97. The third-order valence-corrected chi connectivity index (χ3v) is 3.04. The van der Waals surface area contributed by atoms with E-state index in [1.165, 1.54) is 0 Å². The van der Waals surface area contributed by atoms with Crippen LogP contribution in [0.1, 0.15) is 11.5 Å². The van der Waals surface area contributed by atoms with Crippen LogP contribution in [0.25, 0.3) is 11.5 Å². The normalized spacial score (nSPS) is 10.5. The van der Waals surface area contributed by atoms with Gasteiger partial charge in [0.1, 0.15) is 5.76 Å². The lowest BCUT2D eigenvalue weighted by Crippen LogP contribution is -2.04. The summed E-state index contributed by atoms with van der Waals surface area (Å²) < 4.78 is 11.2. The molecule has 0 aliphatic heterocycles. The maximum Gasteiger partial charge on any atom is 0.232 e. The number of benzene rings is 1. The van der Waals surface area contributed by atoms with Crippen LogP contribution in [-0.2, 0) is 6.42 Å². The summed E-state index contributed by atoms with van der Waals surface area (Å²) in [6.45, 7) is 2.40. The maximum absolute atomic E-state index is 5.71. The standard InChI is InChI=1S/C16H15N3O2/c1-12-14(7-10-20-15-11-17-8-9-18-15)19-16(21-12)13-5-3-2-4-6-13/h2-6,8-9,11H,7,10H2,1H3. The van der Waals surface area contributed by atoms with Gasteiger partial charge in [-0.05, 0) is 19.1 Å². The van der Waals surface area contributed by atoms with E-state index in [-0.39, 0.29) is 0 Å². The molecule has 5 nitrogen and oxygen atoms in total. The Kier molecular flexibility index (Phi) is 3.91. The number of aromatic nitrogens is 3. The van der Waals surface area contributed by atoms with Crippen molar-refractivity contribution in [2.24, 2.45) is 0 Å². The average molecular weight is 281 g/mol. The van der Waals surface area contributed by atoms with Gasteiger partial charge >= 0.3 is 0 Å². The molecule has 21 heavy (non-hydrogen) atoms.